The number of carboxylic acid groups (broad SMARTS) is 1. The maximum Gasteiger partial charge on any atom is 0.371 e. The number of carbonyl (C=O) groups excluding carboxylic acids is 1. The Hall–Kier alpha value is -2.43. The van der Waals surface area contributed by atoms with Crippen LogP contribution in [-0.4, -0.2) is 16.9 Å². The van der Waals surface area contributed by atoms with E-state index in [-0.39, 0.29) is 17.1 Å². The van der Waals surface area contributed by atoms with Crippen molar-refractivity contribution in [1.82, 2.24) is 0 Å². The number of hydrogen-bond acceptors (Lipinski definition) is 3. The van der Waals surface area contributed by atoms with Crippen LogP contribution in [0.4, 0.5) is 4.39 Å². The van der Waals surface area contributed by atoms with Crippen LogP contribution in [0.2, 0.25) is 0 Å². The third kappa shape index (κ3) is 2.29. The van der Waals surface area contributed by atoms with Crippen LogP contribution in [0.15, 0.2) is 34.7 Å². The highest BCUT2D eigenvalue weighted by atomic mass is 19.1. The first-order valence-corrected chi connectivity index (χ1v) is 5.12. The fraction of sp³-hybridized carbons (Fsp3) is 0.0769. The first kappa shape index (κ1) is 12.0. The van der Waals surface area contributed by atoms with Crippen LogP contribution in [0.25, 0.3) is 0 Å². The molecule has 0 saturated heterocycles. The van der Waals surface area contributed by atoms with Gasteiger partial charge in [-0.15, -0.1) is 0 Å². The van der Waals surface area contributed by atoms with Crippen LogP contribution in [0, 0.1) is 12.7 Å². The van der Waals surface area contributed by atoms with Gasteiger partial charge in [-0.2, -0.15) is 0 Å². The van der Waals surface area contributed by atoms with Gasteiger partial charge in [-0.25, -0.2) is 9.18 Å². The molecule has 0 saturated carbocycles. The molecular weight excluding hydrogens is 239 g/mol. The standard InChI is InChI=1S/C13H9FO4/c1-7-4-8(6-9(14)5-7)12(15)10-2-3-11(18-10)13(16)17/h2-6H,1H3,(H,16,17). The molecule has 0 unspecified atom stereocenters. The average Bonchev–Trinajstić information content (AvgIpc) is 2.75. The number of rotatable bonds is 3. The van der Waals surface area contributed by atoms with Gasteiger partial charge in [0.15, 0.2) is 5.76 Å². The van der Waals surface area contributed by atoms with Gasteiger partial charge in [-0.1, -0.05) is 0 Å². The molecule has 1 aromatic heterocycles. The summed E-state index contributed by atoms with van der Waals surface area (Å²) >= 11 is 0. The lowest BCUT2D eigenvalue weighted by molar-refractivity contribution is 0.0660. The van der Waals surface area contributed by atoms with E-state index in [4.69, 9.17) is 9.52 Å². The highest BCUT2D eigenvalue weighted by Crippen LogP contribution is 2.16. The van der Waals surface area contributed by atoms with Crippen LogP contribution < -0.4 is 0 Å². The molecule has 2 aromatic rings. The summed E-state index contributed by atoms with van der Waals surface area (Å²) in [5.74, 6) is -2.79. The van der Waals surface area contributed by atoms with E-state index in [9.17, 15) is 14.0 Å². The van der Waals surface area contributed by atoms with Gasteiger partial charge in [0.2, 0.25) is 11.5 Å². The molecule has 0 fully saturated rings. The van der Waals surface area contributed by atoms with E-state index >= 15 is 0 Å². The fourth-order valence-corrected chi connectivity index (χ4v) is 1.58. The lowest BCUT2D eigenvalue weighted by atomic mass is 10.1. The number of aromatic carboxylic acids is 1. The summed E-state index contributed by atoms with van der Waals surface area (Å²) in [6, 6.07) is 6.32. The lowest BCUT2D eigenvalue weighted by Crippen LogP contribution is -2.01. The van der Waals surface area contributed by atoms with Gasteiger partial charge in [-0.05, 0) is 42.8 Å². The van der Waals surface area contributed by atoms with E-state index in [1.54, 1.807) is 6.92 Å². The predicted molar refractivity (Wildman–Crippen MR) is 60.2 cm³/mol. The fourth-order valence-electron chi connectivity index (χ4n) is 1.58. The van der Waals surface area contributed by atoms with Gasteiger partial charge in [0.05, 0.1) is 0 Å². The van der Waals surface area contributed by atoms with Crippen molar-refractivity contribution in [1.29, 1.82) is 0 Å². The minimum Gasteiger partial charge on any atom is -0.475 e. The second kappa shape index (κ2) is 4.44. The second-order valence-electron chi connectivity index (χ2n) is 3.82. The summed E-state index contributed by atoms with van der Waals surface area (Å²) in [6.45, 7) is 1.66. The second-order valence-corrected chi connectivity index (χ2v) is 3.82. The number of ketones is 1. The maximum absolute atomic E-state index is 13.2. The van der Waals surface area contributed by atoms with Crippen LogP contribution in [0.5, 0.6) is 0 Å². The van der Waals surface area contributed by atoms with Gasteiger partial charge in [0, 0.05) is 5.56 Å². The number of aryl methyl sites for hydroxylation is 1. The van der Waals surface area contributed by atoms with Gasteiger partial charge in [-0.3, -0.25) is 4.79 Å². The van der Waals surface area contributed by atoms with Crippen molar-refractivity contribution < 1.29 is 23.5 Å². The lowest BCUT2D eigenvalue weighted by Gasteiger charge is -2.00. The molecule has 2 rings (SSSR count). The molecule has 0 atom stereocenters. The highest BCUT2D eigenvalue weighted by molar-refractivity contribution is 6.07. The number of benzene rings is 1. The quantitative estimate of drug-likeness (QED) is 0.848. The molecule has 0 aliphatic heterocycles. The highest BCUT2D eigenvalue weighted by Gasteiger charge is 2.17. The number of carbonyl (C=O) groups is 2. The molecule has 0 bridgehead atoms. The summed E-state index contributed by atoms with van der Waals surface area (Å²) in [7, 11) is 0. The molecule has 5 heteroatoms. The zero-order valence-electron chi connectivity index (χ0n) is 9.44. The van der Waals surface area contributed by atoms with E-state index < -0.39 is 17.6 Å². The summed E-state index contributed by atoms with van der Waals surface area (Å²) in [4.78, 5) is 22.5. The first-order chi connectivity index (χ1) is 8.47. The number of furan rings is 1. The van der Waals surface area contributed by atoms with Crippen molar-refractivity contribution in [2.45, 2.75) is 6.92 Å². The summed E-state index contributed by atoms with van der Waals surface area (Å²) in [5.41, 5.74) is 0.724. The largest absolute Gasteiger partial charge is 0.475 e. The number of carboxylic acids is 1. The van der Waals surface area contributed by atoms with Crippen LogP contribution >= 0.6 is 0 Å². The Morgan fingerprint density at radius 2 is 1.83 bits per heavy atom. The van der Waals surface area contributed by atoms with Crippen molar-refractivity contribution in [3.8, 4) is 0 Å². The Labute approximate surface area is 102 Å². The van der Waals surface area contributed by atoms with E-state index in [1.807, 2.05) is 0 Å². The van der Waals surface area contributed by atoms with E-state index in [0.29, 0.717) is 5.56 Å². The van der Waals surface area contributed by atoms with Gasteiger partial charge in [0.25, 0.3) is 0 Å². The van der Waals surface area contributed by atoms with E-state index in [2.05, 4.69) is 0 Å². The predicted octanol–water partition coefficient (Wildman–Crippen LogP) is 2.66. The monoisotopic (exact) mass is 248 g/mol. The van der Waals surface area contributed by atoms with Gasteiger partial charge < -0.3 is 9.52 Å². The Kier molecular flexibility index (Phi) is 2.97. The Morgan fingerprint density at radius 3 is 2.39 bits per heavy atom. The molecule has 92 valence electrons. The van der Waals surface area contributed by atoms with Crippen LogP contribution in [0.3, 0.4) is 0 Å². The topological polar surface area (TPSA) is 67.5 Å². The van der Waals surface area contributed by atoms with Gasteiger partial charge in [0.1, 0.15) is 5.82 Å². The van der Waals surface area contributed by atoms with Crippen LogP contribution in [-0.2, 0) is 0 Å². The van der Waals surface area contributed by atoms with E-state index in [1.165, 1.54) is 24.3 Å². The normalized spacial score (nSPS) is 10.3. The Balaban J connectivity index is 2.38. The smallest absolute Gasteiger partial charge is 0.371 e. The molecule has 4 nitrogen and oxygen atoms in total. The zero-order chi connectivity index (χ0) is 13.3. The SMILES string of the molecule is Cc1cc(F)cc(C(=O)c2ccc(C(=O)O)o2)c1. The Bertz CT molecular complexity index is 607. The molecule has 0 radical (unpaired) electrons. The molecule has 0 spiro atoms. The molecular formula is C13H9FO4. The van der Waals surface area contributed by atoms with Crippen molar-refractivity contribution in [2.75, 3.05) is 0 Å². The average molecular weight is 248 g/mol. The molecule has 0 aliphatic rings. The molecule has 1 heterocycles. The molecule has 1 aromatic carbocycles. The molecule has 0 amide bonds. The summed E-state index contributed by atoms with van der Waals surface area (Å²) in [6.07, 6.45) is 0. The maximum atomic E-state index is 13.2. The summed E-state index contributed by atoms with van der Waals surface area (Å²) < 4.78 is 18.0. The van der Waals surface area contributed by atoms with Gasteiger partial charge >= 0.3 is 5.97 Å². The third-order valence-corrected chi connectivity index (χ3v) is 2.34. The third-order valence-electron chi connectivity index (χ3n) is 2.34. The Morgan fingerprint density at radius 1 is 1.17 bits per heavy atom. The molecule has 1 N–H and O–H groups in total. The number of halogens is 1. The van der Waals surface area contributed by atoms with Crippen LogP contribution in [0.1, 0.15) is 32.2 Å². The molecule has 0 aliphatic carbocycles. The van der Waals surface area contributed by atoms with E-state index in [0.717, 1.165) is 6.07 Å². The zero-order valence-corrected chi connectivity index (χ0v) is 9.44. The van der Waals surface area contributed by atoms with Crippen molar-refractivity contribution >= 4 is 11.8 Å². The minimum atomic E-state index is -1.26. The molecule has 18 heavy (non-hydrogen) atoms. The number of hydrogen-bond donors (Lipinski definition) is 1. The summed E-state index contributed by atoms with van der Waals surface area (Å²) in [5, 5.41) is 8.67. The van der Waals surface area contributed by atoms with Crippen molar-refractivity contribution in [3.63, 3.8) is 0 Å². The minimum absolute atomic E-state index is 0.124. The first-order valence-electron chi connectivity index (χ1n) is 5.12. The van der Waals surface area contributed by atoms with Crippen molar-refractivity contribution in [2.24, 2.45) is 0 Å². The van der Waals surface area contributed by atoms with Crippen molar-refractivity contribution in [3.05, 3.63) is 58.8 Å².